The molecule has 0 aliphatic heterocycles. The molecule has 292 valence electrons. The van der Waals surface area contributed by atoms with Crippen molar-refractivity contribution in [2.45, 2.75) is 0 Å². The molecule has 0 aliphatic rings. The number of rotatable bonds is 7. The van der Waals surface area contributed by atoms with Crippen molar-refractivity contribution >= 4 is 43.9 Å². The van der Waals surface area contributed by atoms with Crippen LogP contribution in [0, 0.1) is 43.2 Å². The van der Waals surface area contributed by atoms with Crippen LogP contribution in [0.2, 0.25) is 0 Å². The Labute approximate surface area is 387 Å². The minimum Gasteiger partial charge on any atom is -0.456 e. The summed E-state index contributed by atoms with van der Waals surface area (Å²) in [4.78, 5) is 10.5. The van der Waals surface area contributed by atoms with Crippen molar-refractivity contribution in [3.63, 3.8) is 0 Å². The Hall–Kier alpha value is -7.29. The fourth-order valence-corrected chi connectivity index (χ4v) is 8.58. The molecule has 0 radical (unpaired) electrons. The van der Waals surface area contributed by atoms with Gasteiger partial charge in [-0.05, 0) is 88.5 Å². The SMILES string of the molecule is [U+2].[c-]1ccccc1-c1[c-]ccc(-c2ccc(-c3cc(-c4cc(-c5ccc6oc7ccccc7c6c5)cc(-c5ccc6oc7ccccc7c6c5)c4)nc(-c4ccccc4)n3)cc2)c1. The van der Waals surface area contributed by atoms with E-state index in [1.807, 2.05) is 66.7 Å². The molecule has 0 spiro atoms. The van der Waals surface area contributed by atoms with Crippen LogP contribution >= 0.6 is 0 Å². The van der Waals surface area contributed by atoms with E-state index in [1.54, 1.807) is 0 Å². The summed E-state index contributed by atoms with van der Waals surface area (Å²) >= 11 is 0. The third-order valence-electron chi connectivity index (χ3n) is 11.7. The van der Waals surface area contributed by atoms with Crippen LogP contribution in [0.15, 0.2) is 215 Å². The van der Waals surface area contributed by atoms with E-state index in [4.69, 9.17) is 18.8 Å². The molecular weight excluding hydrogens is 995 g/mol. The zero-order valence-corrected chi connectivity index (χ0v) is 38.0. The van der Waals surface area contributed by atoms with Gasteiger partial charge in [0.25, 0.3) is 0 Å². The topological polar surface area (TPSA) is 52.1 Å². The van der Waals surface area contributed by atoms with Gasteiger partial charge in [-0.3, -0.25) is 0 Å². The molecule has 4 nitrogen and oxygen atoms in total. The Morgan fingerprint density at radius 1 is 0.302 bits per heavy atom. The molecule has 0 aliphatic carbocycles. The maximum absolute atomic E-state index is 6.24. The smallest absolute Gasteiger partial charge is 0.456 e. The predicted molar refractivity (Wildman–Crippen MR) is 252 cm³/mol. The van der Waals surface area contributed by atoms with Crippen molar-refractivity contribution in [3.8, 4) is 78.4 Å². The van der Waals surface area contributed by atoms with Gasteiger partial charge in [0.15, 0.2) is 5.82 Å². The van der Waals surface area contributed by atoms with Gasteiger partial charge in [0, 0.05) is 38.2 Å². The van der Waals surface area contributed by atoms with Crippen molar-refractivity contribution in [1.82, 2.24) is 9.97 Å². The molecule has 3 aromatic heterocycles. The van der Waals surface area contributed by atoms with Gasteiger partial charge in [0.05, 0.1) is 11.4 Å². The van der Waals surface area contributed by atoms with Gasteiger partial charge in [-0.2, -0.15) is 42.5 Å². The first-order valence-corrected chi connectivity index (χ1v) is 20.7. The molecule has 5 heteroatoms. The van der Waals surface area contributed by atoms with Crippen molar-refractivity contribution in [2.75, 3.05) is 0 Å². The fourth-order valence-electron chi connectivity index (χ4n) is 8.58. The number of benzene rings is 9. The Kier molecular flexibility index (Phi) is 9.93. The molecule has 0 saturated carbocycles. The Morgan fingerprint density at radius 3 is 1.44 bits per heavy atom. The van der Waals surface area contributed by atoms with Crippen LogP contribution in [-0.2, 0) is 0 Å². The third-order valence-corrected chi connectivity index (χ3v) is 11.7. The maximum Gasteiger partial charge on any atom is 2.00 e. The molecule has 0 saturated heterocycles. The van der Waals surface area contributed by atoms with Crippen LogP contribution in [0.25, 0.3) is 122 Å². The number of fused-ring (bicyclic) bond motifs is 6. The monoisotopic (exact) mass is 1030 g/mol. The summed E-state index contributed by atoms with van der Waals surface area (Å²) in [5.41, 5.74) is 16.6. The summed E-state index contributed by atoms with van der Waals surface area (Å²) in [6.07, 6.45) is 0. The van der Waals surface area contributed by atoms with E-state index in [9.17, 15) is 0 Å². The van der Waals surface area contributed by atoms with E-state index in [1.165, 1.54) is 0 Å². The quantitative estimate of drug-likeness (QED) is 0.149. The molecule has 3 heterocycles. The van der Waals surface area contributed by atoms with Crippen LogP contribution in [0.4, 0.5) is 0 Å². The fraction of sp³-hybridized carbons (Fsp3) is 0. The molecule has 0 atom stereocenters. The summed E-state index contributed by atoms with van der Waals surface area (Å²) in [5.74, 6) is 0.661. The first-order valence-electron chi connectivity index (χ1n) is 20.7. The molecule has 0 amide bonds. The van der Waals surface area contributed by atoms with Crippen molar-refractivity contribution in [3.05, 3.63) is 218 Å². The first-order chi connectivity index (χ1) is 30.7. The zero-order valence-electron chi connectivity index (χ0n) is 33.8. The average Bonchev–Trinajstić information content (AvgIpc) is 3.92. The molecule has 0 bridgehead atoms. The summed E-state index contributed by atoms with van der Waals surface area (Å²) in [5, 5.41) is 4.35. The van der Waals surface area contributed by atoms with Gasteiger partial charge in [-0.15, -0.1) is 17.7 Å². The van der Waals surface area contributed by atoms with Crippen LogP contribution < -0.4 is 0 Å². The van der Waals surface area contributed by atoms with Crippen LogP contribution in [0.5, 0.6) is 0 Å². The minimum absolute atomic E-state index is 0. The number of nitrogens with zero attached hydrogens (tertiary/aromatic N) is 2. The third kappa shape index (κ3) is 7.26. The van der Waals surface area contributed by atoms with E-state index in [0.717, 1.165) is 116 Å². The minimum atomic E-state index is 0. The Balaban J connectivity index is 0.00000444. The van der Waals surface area contributed by atoms with Crippen molar-refractivity contribution in [1.29, 1.82) is 0 Å². The Bertz CT molecular complexity index is 3500. The largest absolute Gasteiger partial charge is 2.00 e. The van der Waals surface area contributed by atoms with Crippen LogP contribution in [0.3, 0.4) is 0 Å². The molecule has 12 aromatic rings. The number of para-hydroxylation sites is 2. The van der Waals surface area contributed by atoms with Gasteiger partial charge in [0.1, 0.15) is 22.3 Å². The molecular formula is C58H34N2O2U. The second-order valence-corrected chi connectivity index (χ2v) is 15.6. The summed E-state index contributed by atoms with van der Waals surface area (Å²) in [6.45, 7) is 0. The summed E-state index contributed by atoms with van der Waals surface area (Å²) in [7, 11) is 0. The number of furan rings is 2. The van der Waals surface area contributed by atoms with Gasteiger partial charge in [-0.25, -0.2) is 21.1 Å². The number of hydrogen-bond donors (Lipinski definition) is 0. The van der Waals surface area contributed by atoms with E-state index >= 15 is 0 Å². The van der Waals surface area contributed by atoms with Gasteiger partial charge < -0.3 is 8.83 Å². The Morgan fingerprint density at radius 2 is 0.810 bits per heavy atom. The van der Waals surface area contributed by atoms with Gasteiger partial charge >= 0.3 is 31.1 Å². The zero-order chi connectivity index (χ0) is 41.0. The normalized spacial score (nSPS) is 11.4. The first kappa shape index (κ1) is 38.6. The average molecular weight is 1030 g/mol. The van der Waals surface area contributed by atoms with Gasteiger partial charge in [0.2, 0.25) is 0 Å². The molecule has 0 unspecified atom stereocenters. The van der Waals surface area contributed by atoms with Crippen molar-refractivity contribution in [2.24, 2.45) is 0 Å². The maximum atomic E-state index is 6.24. The second-order valence-electron chi connectivity index (χ2n) is 15.6. The second kappa shape index (κ2) is 16.2. The molecule has 0 fully saturated rings. The number of aromatic nitrogens is 2. The van der Waals surface area contributed by atoms with E-state index < -0.39 is 0 Å². The van der Waals surface area contributed by atoms with E-state index in [0.29, 0.717) is 5.82 Å². The summed E-state index contributed by atoms with van der Waals surface area (Å²) in [6, 6.07) is 78.1. The van der Waals surface area contributed by atoms with Crippen LogP contribution in [-0.4, -0.2) is 9.97 Å². The summed E-state index contributed by atoms with van der Waals surface area (Å²) < 4.78 is 12.5. The number of hydrogen-bond acceptors (Lipinski definition) is 4. The predicted octanol–water partition coefficient (Wildman–Crippen LogP) is 15.5. The standard InChI is InChI=1S/C58H34N2O2.U/c1-3-12-37(13-4-1)41-16-11-17-42(30-41)38-22-24-39(25-23-38)52-36-53(60-58(59-52)40-14-5-2-6-15-40)47-32-45(43-26-28-56-50(34-43)48-18-7-9-20-54(48)61-56)31-46(33-47)44-27-29-57-51(35-44)49-19-8-10-21-55(49)62-57;/h1-12,14-15,17-36H;/q-2;+2. The van der Waals surface area contributed by atoms with Crippen molar-refractivity contribution < 1.29 is 39.9 Å². The van der Waals surface area contributed by atoms with E-state index in [-0.39, 0.29) is 31.1 Å². The van der Waals surface area contributed by atoms with Gasteiger partial charge in [-0.1, -0.05) is 103 Å². The van der Waals surface area contributed by atoms with E-state index in [2.05, 4.69) is 152 Å². The molecule has 63 heavy (non-hydrogen) atoms. The molecule has 12 rings (SSSR count). The molecule has 9 aromatic carbocycles. The molecule has 0 N–H and O–H groups in total. The van der Waals surface area contributed by atoms with Crippen LogP contribution in [0.1, 0.15) is 0 Å².